The van der Waals surface area contributed by atoms with Crippen LogP contribution in [0.15, 0.2) is 48.5 Å². The molecule has 0 radical (unpaired) electrons. The number of benzene rings is 2. The van der Waals surface area contributed by atoms with Gasteiger partial charge in [-0.2, -0.15) is 0 Å². The van der Waals surface area contributed by atoms with Crippen molar-refractivity contribution in [2.75, 3.05) is 19.5 Å². The van der Waals surface area contributed by atoms with E-state index in [1.54, 1.807) is 38.5 Å². The van der Waals surface area contributed by atoms with Crippen LogP contribution in [0, 0.1) is 12.8 Å². The summed E-state index contributed by atoms with van der Waals surface area (Å²) in [5.41, 5.74) is 2.20. The molecule has 0 aliphatic carbocycles. The summed E-state index contributed by atoms with van der Waals surface area (Å²) in [5, 5.41) is 6.18. The van der Waals surface area contributed by atoms with Gasteiger partial charge in [0.15, 0.2) is 5.13 Å². The Bertz CT molecular complexity index is 1080. The SMILES string of the molecule is COc1ccc(C(=O)NC(C(=O)Nc2nc(-c3ccc(OC)cc3)c(C)s2)C(C)C)cc1. The molecule has 2 aromatic carbocycles. The number of rotatable bonds is 8. The molecule has 2 amide bonds. The highest BCUT2D eigenvalue weighted by molar-refractivity contribution is 7.16. The van der Waals surface area contributed by atoms with Gasteiger partial charge in [0.1, 0.15) is 17.5 Å². The number of nitrogens with one attached hydrogen (secondary N) is 2. The Balaban J connectivity index is 1.72. The number of methoxy groups -OCH3 is 2. The third kappa shape index (κ3) is 5.45. The van der Waals surface area contributed by atoms with Crippen molar-refractivity contribution in [3.05, 3.63) is 59.0 Å². The van der Waals surface area contributed by atoms with Crippen LogP contribution < -0.4 is 20.1 Å². The molecule has 1 aromatic heterocycles. The molecule has 1 heterocycles. The number of thiazole rings is 1. The van der Waals surface area contributed by atoms with Gasteiger partial charge in [0.2, 0.25) is 5.91 Å². The molecule has 0 aliphatic rings. The second kappa shape index (κ2) is 10.3. The lowest BCUT2D eigenvalue weighted by Gasteiger charge is -2.21. The summed E-state index contributed by atoms with van der Waals surface area (Å²) >= 11 is 1.40. The molecule has 0 saturated heterocycles. The third-order valence-electron chi connectivity index (χ3n) is 4.98. The van der Waals surface area contributed by atoms with Crippen LogP contribution in [0.3, 0.4) is 0 Å². The fourth-order valence-corrected chi connectivity index (χ4v) is 3.99. The van der Waals surface area contributed by atoms with E-state index >= 15 is 0 Å². The third-order valence-corrected chi connectivity index (χ3v) is 5.86. The van der Waals surface area contributed by atoms with Crippen molar-refractivity contribution < 1.29 is 19.1 Å². The molecule has 1 unspecified atom stereocenters. The first-order chi connectivity index (χ1) is 15.3. The van der Waals surface area contributed by atoms with Gasteiger partial charge in [0, 0.05) is 16.0 Å². The lowest BCUT2D eigenvalue weighted by Crippen LogP contribution is -2.47. The summed E-state index contributed by atoms with van der Waals surface area (Å²) in [6, 6.07) is 13.6. The molecule has 0 bridgehead atoms. The fourth-order valence-electron chi connectivity index (χ4n) is 3.15. The smallest absolute Gasteiger partial charge is 0.251 e. The number of nitrogens with zero attached hydrogens (tertiary/aromatic N) is 1. The van der Waals surface area contributed by atoms with Gasteiger partial charge in [0.05, 0.1) is 19.9 Å². The Kier molecular flexibility index (Phi) is 7.48. The minimum absolute atomic E-state index is 0.112. The van der Waals surface area contributed by atoms with Crippen LogP contribution in [0.5, 0.6) is 11.5 Å². The van der Waals surface area contributed by atoms with Gasteiger partial charge < -0.3 is 20.1 Å². The molecule has 0 saturated carbocycles. The van der Waals surface area contributed by atoms with Crippen molar-refractivity contribution in [2.24, 2.45) is 5.92 Å². The Labute approximate surface area is 191 Å². The first kappa shape index (κ1) is 23.3. The van der Waals surface area contributed by atoms with E-state index in [9.17, 15) is 9.59 Å². The average Bonchev–Trinajstić information content (AvgIpc) is 3.16. The fraction of sp³-hybridized carbons (Fsp3) is 0.292. The average molecular weight is 454 g/mol. The van der Waals surface area contributed by atoms with Crippen molar-refractivity contribution >= 4 is 28.3 Å². The minimum Gasteiger partial charge on any atom is -0.497 e. The minimum atomic E-state index is -0.710. The molecule has 7 nitrogen and oxygen atoms in total. The second-order valence-corrected chi connectivity index (χ2v) is 8.77. The molecule has 2 N–H and O–H groups in total. The largest absolute Gasteiger partial charge is 0.497 e. The number of carbonyl (C=O) groups is 2. The molecule has 3 rings (SSSR count). The van der Waals surface area contributed by atoms with Crippen LogP contribution >= 0.6 is 11.3 Å². The van der Waals surface area contributed by atoms with Crippen molar-refractivity contribution in [3.8, 4) is 22.8 Å². The standard InChI is InChI=1S/C24H27N3O4S/c1-14(2)20(25-22(28)17-8-12-19(31-5)13-9-17)23(29)27-24-26-21(15(3)32-24)16-6-10-18(30-4)11-7-16/h6-14,20H,1-5H3,(H,25,28)(H,26,27,29). The Morgan fingerprint density at radius 3 is 2.03 bits per heavy atom. The van der Waals surface area contributed by atoms with Gasteiger partial charge in [-0.1, -0.05) is 13.8 Å². The Morgan fingerprint density at radius 1 is 0.938 bits per heavy atom. The lowest BCUT2D eigenvalue weighted by atomic mass is 10.0. The van der Waals surface area contributed by atoms with Crippen molar-refractivity contribution in [3.63, 3.8) is 0 Å². The molecule has 32 heavy (non-hydrogen) atoms. The second-order valence-electron chi connectivity index (χ2n) is 7.57. The molecule has 8 heteroatoms. The highest BCUT2D eigenvalue weighted by Crippen LogP contribution is 2.31. The summed E-state index contributed by atoms with van der Waals surface area (Å²) in [4.78, 5) is 31.2. The zero-order valence-electron chi connectivity index (χ0n) is 18.8. The van der Waals surface area contributed by atoms with Crippen molar-refractivity contribution in [1.82, 2.24) is 10.3 Å². The van der Waals surface area contributed by atoms with E-state index in [0.717, 1.165) is 21.9 Å². The van der Waals surface area contributed by atoms with Crippen LogP contribution in [-0.4, -0.2) is 37.1 Å². The highest BCUT2D eigenvalue weighted by Gasteiger charge is 2.26. The first-order valence-electron chi connectivity index (χ1n) is 10.2. The normalized spacial score (nSPS) is 11.7. The lowest BCUT2D eigenvalue weighted by molar-refractivity contribution is -0.118. The topological polar surface area (TPSA) is 89.5 Å². The number of hydrogen-bond acceptors (Lipinski definition) is 6. The maximum absolute atomic E-state index is 13.0. The van der Waals surface area contributed by atoms with E-state index in [-0.39, 0.29) is 17.7 Å². The number of anilines is 1. The molecule has 0 fully saturated rings. The van der Waals surface area contributed by atoms with E-state index in [0.29, 0.717) is 16.4 Å². The van der Waals surface area contributed by atoms with Gasteiger partial charge in [-0.15, -0.1) is 11.3 Å². The Hall–Kier alpha value is -3.39. The van der Waals surface area contributed by atoms with Crippen LogP contribution in [-0.2, 0) is 4.79 Å². The summed E-state index contributed by atoms with van der Waals surface area (Å²) in [6.07, 6.45) is 0. The number of amides is 2. The van der Waals surface area contributed by atoms with E-state index < -0.39 is 6.04 Å². The number of aryl methyl sites for hydroxylation is 1. The predicted octanol–water partition coefficient (Wildman–Crippen LogP) is 4.53. The van der Waals surface area contributed by atoms with Crippen LogP contribution in [0.1, 0.15) is 29.1 Å². The van der Waals surface area contributed by atoms with Gasteiger partial charge in [-0.3, -0.25) is 9.59 Å². The summed E-state index contributed by atoms with van der Waals surface area (Å²) < 4.78 is 10.3. The van der Waals surface area contributed by atoms with Crippen LogP contribution in [0.2, 0.25) is 0 Å². The zero-order chi connectivity index (χ0) is 23.3. The summed E-state index contributed by atoms with van der Waals surface area (Å²) in [5.74, 6) is 0.681. The molecule has 3 aromatic rings. The van der Waals surface area contributed by atoms with Crippen molar-refractivity contribution in [1.29, 1.82) is 0 Å². The van der Waals surface area contributed by atoms with Gasteiger partial charge >= 0.3 is 0 Å². The van der Waals surface area contributed by atoms with E-state index in [1.807, 2.05) is 45.0 Å². The van der Waals surface area contributed by atoms with Gasteiger partial charge in [-0.05, 0) is 61.4 Å². The van der Waals surface area contributed by atoms with Crippen LogP contribution in [0.4, 0.5) is 5.13 Å². The number of hydrogen-bond donors (Lipinski definition) is 2. The van der Waals surface area contributed by atoms with Crippen molar-refractivity contribution in [2.45, 2.75) is 26.8 Å². The van der Waals surface area contributed by atoms with Gasteiger partial charge in [-0.25, -0.2) is 4.98 Å². The maximum Gasteiger partial charge on any atom is 0.251 e. The molecular weight excluding hydrogens is 426 g/mol. The van der Waals surface area contributed by atoms with E-state index in [1.165, 1.54) is 11.3 Å². The number of ether oxygens (including phenoxy) is 2. The quantitative estimate of drug-likeness (QED) is 0.523. The van der Waals surface area contributed by atoms with E-state index in [4.69, 9.17) is 9.47 Å². The molecule has 0 spiro atoms. The highest BCUT2D eigenvalue weighted by atomic mass is 32.1. The molecule has 1 atom stereocenters. The Morgan fingerprint density at radius 2 is 1.50 bits per heavy atom. The number of aromatic nitrogens is 1. The summed E-state index contributed by atoms with van der Waals surface area (Å²) in [6.45, 7) is 5.72. The van der Waals surface area contributed by atoms with Gasteiger partial charge in [0.25, 0.3) is 5.91 Å². The first-order valence-corrected chi connectivity index (χ1v) is 11.0. The molecular formula is C24H27N3O4S. The maximum atomic E-state index is 13.0. The number of carbonyl (C=O) groups excluding carboxylic acids is 2. The molecule has 0 aliphatic heterocycles. The monoisotopic (exact) mass is 453 g/mol. The van der Waals surface area contributed by atoms with E-state index in [2.05, 4.69) is 15.6 Å². The summed E-state index contributed by atoms with van der Waals surface area (Å²) in [7, 11) is 3.18. The van der Waals surface area contributed by atoms with Crippen LogP contribution in [0.25, 0.3) is 11.3 Å². The molecule has 168 valence electrons. The zero-order valence-corrected chi connectivity index (χ0v) is 19.6. The predicted molar refractivity (Wildman–Crippen MR) is 127 cm³/mol.